The van der Waals surface area contributed by atoms with Gasteiger partial charge in [-0.05, 0) is 55.4 Å². The maximum absolute atomic E-state index is 12.5. The van der Waals surface area contributed by atoms with Gasteiger partial charge in [-0.25, -0.2) is 9.59 Å². The van der Waals surface area contributed by atoms with Crippen LogP contribution in [0.5, 0.6) is 5.75 Å². The van der Waals surface area contributed by atoms with E-state index in [0.29, 0.717) is 0 Å². The predicted molar refractivity (Wildman–Crippen MR) is 122 cm³/mol. The van der Waals surface area contributed by atoms with Crippen LogP contribution in [-0.2, 0) is 9.59 Å². The molecule has 8 nitrogen and oxygen atoms in total. The van der Waals surface area contributed by atoms with Gasteiger partial charge in [-0.15, -0.1) is 0 Å². The molecule has 2 heterocycles. The Hall–Kier alpha value is -2.26. The van der Waals surface area contributed by atoms with Gasteiger partial charge in [0.15, 0.2) is 0 Å². The fourth-order valence-corrected chi connectivity index (χ4v) is 5.54. The van der Waals surface area contributed by atoms with E-state index in [4.69, 9.17) is 24.5 Å². The Labute approximate surface area is 192 Å². The summed E-state index contributed by atoms with van der Waals surface area (Å²) in [6.45, 7) is 6.23. The first-order valence-electron chi connectivity index (χ1n) is 11.2. The molecule has 2 atom stereocenters. The van der Waals surface area contributed by atoms with Crippen LogP contribution in [0.2, 0.25) is 0 Å². The molecule has 1 aliphatic carbocycles. The zero-order valence-corrected chi connectivity index (χ0v) is 19.1. The molecule has 1 aromatic rings. The third-order valence-corrected chi connectivity index (χ3v) is 7.21. The molecule has 2 aliphatic heterocycles. The molecule has 2 N–H and O–H groups in total. The number of carbonyl (C=O) groups excluding carboxylic acids is 1. The highest BCUT2D eigenvalue weighted by atomic mass is 32.2. The third kappa shape index (κ3) is 7.13. The number of nitrogens with zero attached hydrogens (tertiary/aromatic N) is 2. The van der Waals surface area contributed by atoms with Crippen molar-refractivity contribution in [3.05, 3.63) is 29.8 Å². The zero-order chi connectivity index (χ0) is 22.9. The van der Waals surface area contributed by atoms with Crippen LogP contribution in [0.1, 0.15) is 36.0 Å². The molecule has 0 radical (unpaired) electrons. The molecule has 2 saturated heterocycles. The minimum absolute atomic E-state index is 0.149. The van der Waals surface area contributed by atoms with E-state index in [0.717, 1.165) is 67.3 Å². The molecule has 4 rings (SSSR count). The van der Waals surface area contributed by atoms with Crippen molar-refractivity contribution in [2.24, 2.45) is 11.8 Å². The molecule has 9 heteroatoms. The number of hydrogen-bond donors (Lipinski definition) is 2. The maximum Gasteiger partial charge on any atom is 0.414 e. The van der Waals surface area contributed by atoms with E-state index in [2.05, 4.69) is 4.90 Å². The van der Waals surface area contributed by atoms with E-state index in [1.54, 1.807) is 0 Å². The number of ether oxygens (including phenoxy) is 1. The zero-order valence-electron chi connectivity index (χ0n) is 18.3. The Kier molecular flexibility index (Phi) is 9.23. The Bertz CT molecular complexity index is 757. The van der Waals surface area contributed by atoms with E-state index in [9.17, 15) is 4.79 Å². The first-order valence-corrected chi connectivity index (χ1v) is 12.4. The fraction of sp³-hybridized carbons (Fsp3) is 0.609. The van der Waals surface area contributed by atoms with Gasteiger partial charge in [0.1, 0.15) is 5.75 Å². The van der Waals surface area contributed by atoms with Crippen LogP contribution in [0.25, 0.3) is 0 Å². The molecule has 3 fully saturated rings. The second kappa shape index (κ2) is 12.1. The molecule has 0 spiro atoms. The van der Waals surface area contributed by atoms with Crippen molar-refractivity contribution in [3.8, 4) is 5.75 Å². The van der Waals surface area contributed by atoms with Gasteiger partial charge < -0.3 is 24.7 Å². The topological polar surface area (TPSA) is 107 Å². The molecule has 176 valence electrons. The van der Waals surface area contributed by atoms with Gasteiger partial charge in [0.25, 0.3) is 5.91 Å². The van der Waals surface area contributed by atoms with Gasteiger partial charge >= 0.3 is 11.9 Å². The summed E-state index contributed by atoms with van der Waals surface area (Å²) >= 11 is 1.92. The van der Waals surface area contributed by atoms with Gasteiger partial charge in [0, 0.05) is 49.8 Å². The molecule has 2 unspecified atom stereocenters. The average Bonchev–Trinajstić information content (AvgIpc) is 3.40. The summed E-state index contributed by atoms with van der Waals surface area (Å²) in [5, 5.41) is 14.8. The smallest absolute Gasteiger partial charge is 0.414 e. The van der Waals surface area contributed by atoms with Crippen LogP contribution in [-0.4, -0.2) is 88.7 Å². The molecule has 1 saturated carbocycles. The second-order valence-electron chi connectivity index (χ2n) is 8.45. The van der Waals surface area contributed by atoms with Crippen LogP contribution in [0.15, 0.2) is 24.3 Å². The summed E-state index contributed by atoms with van der Waals surface area (Å²) in [6.07, 6.45) is 5.41. The standard InChI is InChI=1S/C21H30N2O2S.C2H2O4/c24-21(23-10-13-26-14-11-23)17-5-7-20(8-6-17)25-12-2-9-22-15-18-3-1-4-19(18)16-22;3-1(4)2(5)6/h5-8,18-19H,1-4,9-16H2;(H,3,4)(H,5,6). The Balaban J connectivity index is 0.000000427. The molecule has 32 heavy (non-hydrogen) atoms. The lowest BCUT2D eigenvalue weighted by atomic mass is 10.0. The Morgan fingerprint density at radius 1 is 0.969 bits per heavy atom. The van der Waals surface area contributed by atoms with Crippen molar-refractivity contribution in [1.82, 2.24) is 9.80 Å². The summed E-state index contributed by atoms with van der Waals surface area (Å²) in [7, 11) is 0. The summed E-state index contributed by atoms with van der Waals surface area (Å²) in [5.41, 5.74) is 0.771. The summed E-state index contributed by atoms with van der Waals surface area (Å²) in [5.74, 6) is 1.41. The highest BCUT2D eigenvalue weighted by Crippen LogP contribution is 2.37. The largest absolute Gasteiger partial charge is 0.494 e. The monoisotopic (exact) mass is 464 g/mol. The van der Waals surface area contributed by atoms with E-state index in [1.165, 1.54) is 32.4 Å². The van der Waals surface area contributed by atoms with Crippen molar-refractivity contribution < 1.29 is 29.3 Å². The molecular weight excluding hydrogens is 432 g/mol. The Morgan fingerprint density at radius 2 is 1.56 bits per heavy atom. The first kappa shape index (κ1) is 24.4. The van der Waals surface area contributed by atoms with Crippen molar-refractivity contribution in [2.75, 3.05) is 50.8 Å². The number of amides is 1. The number of aliphatic carboxylic acids is 2. The molecule has 1 aromatic carbocycles. The van der Waals surface area contributed by atoms with Crippen molar-refractivity contribution in [3.63, 3.8) is 0 Å². The summed E-state index contributed by atoms with van der Waals surface area (Å²) in [4.78, 5) is 35.2. The third-order valence-electron chi connectivity index (χ3n) is 6.27. The number of thioether (sulfide) groups is 1. The molecular formula is C23H32N2O6S. The van der Waals surface area contributed by atoms with Gasteiger partial charge in [0.05, 0.1) is 6.61 Å². The van der Waals surface area contributed by atoms with Crippen LogP contribution in [0.3, 0.4) is 0 Å². The lowest BCUT2D eigenvalue weighted by molar-refractivity contribution is -0.159. The number of carboxylic acid groups (broad SMARTS) is 2. The first-order chi connectivity index (χ1) is 15.4. The number of benzene rings is 1. The van der Waals surface area contributed by atoms with Gasteiger partial charge in [-0.2, -0.15) is 11.8 Å². The predicted octanol–water partition coefficient (Wildman–Crippen LogP) is 2.53. The average molecular weight is 465 g/mol. The number of carboxylic acids is 2. The van der Waals surface area contributed by atoms with E-state index < -0.39 is 11.9 Å². The molecule has 0 bridgehead atoms. The van der Waals surface area contributed by atoms with Crippen molar-refractivity contribution >= 4 is 29.6 Å². The summed E-state index contributed by atoms with van der Waals surface area (Å²) in [6, 6.07) is 7.68. The van der Waals surface area contributed by atoms with E-state index in [1.807, 2.05) is 40.9 Å². The number of rotatable bonds is 6. The van der Waals surface area contributed by atoms with Gasteiger partial charge in [0.2, 0.25) is 0 Å². The minimum atomic E-state index is -1.82. The van der Waals surface area contributed by atoms with Crippen LogP contribution >= 0.6 is 11.8 Å². The Morgan fingerprint density at radius 3 is 2.12 bits per heavy atom. The van der Waals surface area contributed by atoms with Crippen molar-refractivity contribution in [1.29, 1.82) is 0 Å². The lowest BCUT2D eigenvalue weighted by Crippen LogP contribution is -2.37. The van der Waals surface area contributed by atoms with Crippen LogP contribution in [0.4, 0.5) is 0 Å². The minimum Gasteiger partial charge on any atom is -0.494 e. The van der Waals surface area contributed by atoms with Crippen molar-refractivity contribution in [2.45, 2.75) is 25.7 Å². The second-order valence-corrected chi connectivity index (χ2v) is 9.68. The summed E-state index contributed by atoms with van der Waals surface area (Å²) < 4.78 is 5.89. The van der Waals surface area contributed by atoms with Gasteiger partial charge in [-0.1, -0.05) is 6.42 Å². The number of likely N-dealkylation sites (tertiary alicyclic amines) is 1. The van der Waals surface area contributed by atoms with E-state index in [-0.39, 0.29) is 5.91 Å². The fourth-order valence-electron chi connectivity index (χ4n) is 4.64. The molecule has 0 aromatic heterocycles. The number of carbonyl (C=O) groups is 3. The highest BCUT2D eigenvalue weighted by molar-refractivity contribution is 7.99. The molecule has 1 amide bonds. The lowest BCUT2D eigenvalue weighted by Gasteiger charge is -2.26. The SMILES string of the molecule is O=C(O)C(=O)O.O=C(c1ccc(OCCCN2CC3CCCC3C2)cc1)N1CCSCC1. The highest BCUT2D eigenvalue weighted by Gasteiger charge is 2.35. The molecule has 3 aliphatic rings. The van der Waals surface area contributed by atoms with Crippen LogP contribution in [0, 0.1) is 11.8 Å². The normalized spacial score (nSPS) is 22.6. The quantitative estimate of drug-likeness (QED) is 0.489. The maximum atomic E-state index is 12.5. The number of fused-ring (bicyclic) bond motifs is 1. The number of hydrogen-bond acceptors (Lipinski definition) is 6. The van der Waals surface area contributed by atoms with E-state index >= 15 is 0 Å². The van der Waals surface area contributed by atoms with Crippen LogP contribution < -0.4 is 4.74 Å². The van der Waals surface area contributed by atoms with Gasteiger partial charge in [-0.3, -0.25) is 4.79 Å².